The summed E-state index contributed by atoms with van der Waals surface area (Å²) in [4.78, 5) is 95.5. The van der Waals surface area contributed by atoms with E-state index in [1.807, 2.05) is 0 Å². The minimum absolute atomic E-state index is 0.0218. The number of nitrogens with two attached hydrogens (primary N) is 1. The van der Waals surface area contributed by atoms with E-state index in [9.17, 15) is 48.6 Å². The quantitative estimate of drug-likeness (QED) is 0.0381. The molecule has 70 heavy (non-hydrogen) atoms. The van der Waals surface area contributed by atoms with Crippen molar-refractivity contribution >= 4 is 47.4 Å². The van der Waals surface area contributed by atoms with Gasteiger partial charge in [0.15, 0.2) is 0 Å². The van der Waals surface area contributed by atoms with E-state index in [1.165, 1.54) is 38.5 Å². The summed E-state index contributed by atoms with van der Waals surface area (Å²) >= 11 is 0. The van der Waals surface area contributed by atoms with Gasteiger partial charge in [-0.05, 0) is 38.5 Å². The highest BCUT2D eigenvalue weighted by atomic mass is 16.5. The van der Waals surface area contributed by atoms with Crippen molar-refractivity contribution in [3.05, 3.63) is 0 Å². The van der Waals surface area contributed by atoms with E-state index in [0.717, 1.165) is 44.9 Å². The second-order valence-corrected chi connectivity index (χ2v) is 17.0. The van der Waals surface area contributed by atoms with Crippen LogP contribution in [0.25, 0.3) is 0 Å². The molecule has 0 aliphatic rings. The standard InChI is InChI=1S/C47H87N7O16/c48-38(46(63)64)17-15-16-22-49-42(58)35-54(27-28-55)26-23-50-43(59)36-69-33-32-68-30-25-52-44(60)37-70-34-31-67-29-24-51-40(56)21-20-39(47(65)66)53-41(57)18-13-11-9-7-5-3-1-2-4-6-8-10-12-14-19-45(61)62/h38-39,55H,1-37,48H2,(H,49,58)(H,50,59)(H,51,56)(H,52,60)(H,53,57)(H,61,62)(H,63,64)(H,65,66)/t38-,39-/m0/s1. The molecule has 23 heteroatoms. The van der Waals surface area contributed by atoms with Gasteiger partial charge in [0.25, 0.3) is 0 Å². The van der Waals surface area contributed by atoms with Crippen molar-refractivity contribution in [2.75, 3.05) is 105 Å². The molecular formula is C47H87N7O16. The third-order valence-electron chi connectivity index (χ3n) is 10.8. The summed E-state index contributed by atoms with van der Waals surface area (Å²) in [6.07, 6.45) is 16.8. The zero-order chi connectivity index (χ0) is 51.9. The maximum Gasteiger partial charge on any atom is 0.326 e. The predicted molar refractivity (Wildman–Crippen MR) is 259 cm³/mol. The predicted octanol–water partition coefficient (Wildman–Crippen LogP) is 1.07. The third-order valence-corrected chi connectivity index (χ3v) is 10.8. The number of amides is 5. The molecule has 0 aromatic carbocycles. The number of rotatable bonds is 51. The van der Waals surface area contributed by atoms with E-state index in [2.05, 4.69) is 26.6 Å². The first-order valence-electron chi connectivity index (χ1n) is 25.2. The molecule has 0 radical (unpaired) electrons. The minimum Gasteiger partial charge on any atom is -0.481 e. The molecule has 11 N–H and O–H groups in total. The molecule has 0 saturated heterocycles. The highest BCUT2D eigenvalue weighted by Crippen LogP contribution is 2.14. The lowest BCUT2D eigenvalue weighted by atomic mass is 10.0. The van der Waals surface area contributed by atoms with Crippen molar-refractivity contribution in [2.45, 2.75) is 147 Å². The molecule has 2 atom stereocenters. The van der Waals surface area contributed by atoms with Crippen LogP contribution >= 0.6 is 0 Å². The molecule has 0 aromatic heterocycles. The Balaban J connectivity index is 3.76. The molecule has 0 heterocycles. The second-order valence-electron chi connectivity index (χ2n) is 17.0. The summed E-state index contributed by atoms with van der Waals surface area (Å²) in [6, 6.07) is -2.08. The van der Waals surface area contributed by atoms with Crippen molar-refractivity contribution in [1.82, 2.24) is 31.5 Å². The van der Waals surface area contributed by atoms with E-state index >= 15 is 0 Å². The Morgan fingerprint density at radius 1 is 0.443 bits per heavy atom. The number of hydrogen-bond acceptors (Lipinski definition) is 15. The fourth-order valence-corrected chi connectivity index (χ4v) is 6.83. The number of ether oxygens (including phenoxy) is 4. The molecular weight excluding hydrogens is 919 g/mol. The van der Waals surface area contributed by atoms with Gasteiger partial charge in [0.1, 0.15) is 25.3 Å². The second kappa shape index (κ2) is 46.8. The van der Waals surface area contributed by atoms with Gasteiger partial charge in [0.2, 0.25) is 29.5 Å². The highest BCUT2D eigenvalue weighted by molar-refractivity contribution is 5.84. The van der Waals surface area contributed by atoms with Gasteiger partial charge in [-0.15, -0.1) is 0 Å². The summed E-state index contributed by atoms with van der Waals surface area (Å²) in [5, 5.41) is 49.6. The van der Waals surface area contributed by atoms with Crippen LogP contribution in [-0.2, 0) is 57.3 Å². The van der Waals surface area contributed by atoms with Crippen LogP contribution in [0, 0.1) is 0 Å². The average molecular weight is 1010 g/mol. The van der Waals surface area contributed by atoms with Crippen LogP contribution in [0.1, 0.15) is 135 Å². The first-order valence-corrected chi connectivity index (χ1v) is 25.2. The molecule has 0 saturated carbocycles. The van der Waals surface area contributed by atoms with Gasteiger partial charge < -0.3 is 71.7 Å². The van der Waals surface area contributed by atoms with Crippen LogP contribution in [-0.4, -0.2) is 190 Å². The lowest BCUT2D eigenvalue weighted by Gasteiger charge is -2.21. The van der Waals surface area contributed by atoms with E-state index in [-0.39, 0.29) is 147 Å². The summed E-state index contributed by atoms with van der Waals surface area (Å²) < 4.78 is 21.4. The number of aliphatic hydroxyl groups excluding tert-OH is 1. The van der Waals surface area contributed by atoms with E-state index in [4.69, 9.17) is 34.9 Å². The molecule has 0 fully saturated rings. The normalized spacial score (nSPS) is 12.0. The van der Waals surface area contributed by atoms with Crippen molar-refractivity contribution in [2.24, 2.45) is 5.73 Å². The number of aliphatic carboxylic acids is 3. The van der Waals surface area contributed by atoms with Gasteiger partial charge in [0, 0.05) is 58.5 Å². The lowest BCUT2D eigenvalue weighted by molar-refractivity contribution is -0.142. The van der Waals surface area contributed by atoms with Gasteiger partial charge >= 0.3 is 17.9 Å². The van der Waals surface area contributed by atoms with Gasteiger partial charge in [-0.1, -0.05) is 77.0 Å². The molecule has 0 aliphatic heterocycles. The van der Waals surface area contributed by atoms with Gasteiger partial charge in [0.05, 0.1) is 52.8 Å². The zero-order valence-electron chi connectivity index (χ0n) is 41.5. The van der Waals surface area contributed by atoms with Crippen LogP contribution in [0.15, 0.2) is 0 Å². The Kier molecular flexibility index (Phi) is 43.8. The summed E-state index contributed by atoms with van der Waals surface area (Å²) in [5.41, 5.74) is 5.46. The maximum atomic E-state index is 12.3. The SMILES string of the molecule is N[C@@H](CCCCNC(=O)CN(CCO)CCNC(=O)COCCOCCNC(=O)COCCOCCNC(=O)CC[C@H](NC(=O)CCCCCCCCCCCCCCCCC(=O)O)C(=O)O)C(=O)O. The van der Waals surface area contributed by atoms with Crippen LogP contribution < -0.4 is 32.3 Å². The number of unbranched alkanes of at least 4 members (excludes halogenated alkanes) is 14. The van der Waals surface area contributed by atoms with Crippen LogP contribution in [0.5, 0.6) is 0 Å². The largest absolute Gasteiger partial charge is 0.481 e. The first kappa shape index (κ1) is 65.5. The topological polar surface area (TPSA) is 344 Å². The number of nitrogens with zero attached hydrogens (tertiary/aromatic N) is 1. The van der Waals surface area contributed by atoms with Crippen LogP contribution in [0.4, 0.5) is 0 Å². The monoisotopic (exact) mass is 1010 g/mol. The van der Waals surface area contributed by atoms with Gasteiger partial charge in [-0.2, -0.15) is 0 Å². The Morgan fingerprint density at radius 3 is 1.41 bits per heavy atom. The number of carbonyl (C=O) groups excluding carboxylic acids is 5. The van der Waals surface area contributed by atoms with Crippen molar-refractivity contribution in [3.8, 4) is 0 Å². The first-order chi connectivity index (χ1) is 33.7. The summed E-state index contributed by atoms with van der Waals surface area (Å²) in [7, 11) is 0. The Hall–Kier alpha value is -4.52. The molecule has 0 aromatic rings. The Morgan fingerprint density at radius 2 is 0.914 bits per heavy atom. The van der Waals surface area contributed by atoms with E-state index in [1.54, 1.807) is 4.90 Å². The molecule has 406 valence electrons. The highest BCUT2D eigenvalue weighted by Gasteiger charge is 2.21. The fourth-order valence-electron chi connectivity index (χ4n) is 6.83. The number of nitrogens with one attached hydrogen (secondary N) is 5. The number of carbonyl (C=O) groups is 8. The number of carboxylic acids is 3. The van der Waals surface area contributed by atoms with Crippen LogP contribution in [0.2, 0.25) is 0 Å². The average Bonchev–Trinajstić information content (AvgIpc) is 3.31. The van der Waals surface area contributed by atoms with E-state index < -0.39 is 30.0 Å². The third kappa shape index (κ3) is 44.7. The maximum absolute atomic E-state index is 12.3. The van der Waals surface area contributed by atoms with Crippen molar-refractivity contribution in [1.29, 1.82) is 0 Å². The van der Waals surface area contributed by atoms with Crippen molar-refractivity contribution < 1.29 is 77.7 Å². The zero-order valence-corrected chi connectivity index (χ0v) is 41.5. The minimum atomic E-state index is -1.20. The number of hydrogen-bond donors (Lipinski definition) is 10. The number of carboxylic acid groups (broad SMARTS) is 3. The molecule has 0 spiro atoms. The fraction of sp³-hybridized carbons (Fsp3) is 0.830. The molecule has 23 nitrogen and oxygen atoms in total. The Bertz CT molecular complexity index is 1430. The molecule has 5 amide bonds. The van der Waals surface area contributed by atoms with Gasteiger partial charge in [-0.25, -0.2) is 4.79 Å². The smallest absolute Gasteiger partial charge is 0.326 e. The Labute approximate surface area is 413 Å². The number of aliphatic hydroxyl groups is 1. The molecule has 0 unspecified atom stereocenters. The van der Waals surface area contributed by atoms with Crippen molar-refractivity contribution in [3.63, 3.8) is 0 Å². The molecule has 0 aliphatic carbocycles. The van der Waals surface area contributed by atoms with E-state index in [0.29, 0.717) is 38.8 Å². The lowest BCUT2D eigenvalue weighted by Crippen LogP contribution is -2.43. The van der Waals surface area contributed by atoms with Gasteiger partial charge in [-0.3, -0.25) is 38.5 Å². The molecule has 0 bridgehead atoms. The van der Waals surface area contributed by atoms with Crippen LogP contribution in [0.3, 0.4) is 0 Å². The summed E-state index contributed by atoms with van der Waals surface area (Å²) in [6.45, 7) is 2.08. The summed E-state index contributed by atoms with van der Waals surface area (Å²) in [5.74, 6) is -4.66. The molecule has 0 rings (SSSR count).